The third kappa shape index (κ3) is 2.99. The predicted octanol–water partition coefficient (Wildman–Crippen LogP) is 2.05. The Labute approximate surface area is 112 Å². The van der Waals surface area contributed by atoms with Crippen molar-refractivity contribution in [2.75, 3.05) is 18.8 Å². The highest BCUT2D eigenvalue weighted by Crippen LogP contribution is 2.27. The minimum Gasteiger partial charge on any atom is -0.506 e. The van der Waals surface area contributed by atoms with Gasteiger partial charge < -0.3 is 20.5 Å². The summed E-state index contributed by atoms with van der Waals surface area (Å²) in [5.41, 5.74) is 8.16. The Morgan fingerprint density at radius 3 is 2.53 bits per heavy atom. The molecule has 0 fully saturated rings. The molecule has 19 heavy (non-hydrogen) atoms. The van der Waals surface area contributed by atoms with Crippen LogP contribution in [0.5, 0.6) is 5.75 Å². The van der Waals surface area contributed by atoms with Crippen LogP contribution in [0.15, 0.2) is 24.5 Å². The summed E-state index contributed by atoms with van der Waals surface area (Å²) >= 11 is 0. The molecule has 1 heterocycles. The highest BCUT2D eigenvalue weighted by Gasteiger charge is 2.20. The lowest BCUT2D eigenvalue weighted by Gasteiger charge is -2.19. The standard InChI is InChI=1S/C14H18N2O3/c1-9(2)19-14(18)16-5-3-10-7-12(15)13(17)8-11(10)4-6-16/h7-8,17H,1,3-6,15H2,2H3. The van der Waals surface area contributed by atoms with Gasteiger partial charge in [0.2, 0.25) is 0 Å². The zero-order valence-electron chi connectivity index (χ0n) is 11.0. The summed E-state index contributed by atoms with van der Waals surface area (Å²) in [6.07, 6.45) is 0.997. The molecular formula is C14H18N2O3. The van der Waals surface area contributed by atoms with Gasteiger partial charge in [-0.15, -0.1) is 0 Å². The van der Waals surface area contributed by atoms with Crippen molar-refractivity contribution in [3.8, 4) is 5.75 Å². The molecule has 5 heteroatoms. The number of carbonyl (C=O) groups is 1. The lowest BCUT2D eigenvalue weighted by atomic mass is 10.0. The predicted molar refractivity (Wildman–Crippen MR) is 72.8 cm³/mol. The number of fused-ring (bicyclic) bond motifs is 1. The number of ether oxygens (including phenoxy) is 1. The molecule has 1 aliphatic heterocycles. The van der Waals surface area contributed by atoms with Gasteiger partial charge >= 0.3 is 6.09 Å². The SMILES string of the molecule is C=C(C)OC(=O)N1CCc2cc(N)c(O)cc2CC1. The number of hydrogen-bond donors (Lipinski definition) is 2. The second-order valence-electron chi connectivity index (χ2n) is 4.74. The topological polar surface area (TPSA) is 75.8 Å². The molecule has 0 saturated heterocycles. The highest BCUT2D eigenvalue weighted by molar-refractivity contribution is 5.69. The van der Waals surface area contributed by atoms with Crippen LogP contribution in [0.2, 0.25) is 0 Å². The first-order valence-electron chi connectivity index (χ1n) is 6.20. The number of carbonyl (C=O) groups excluding carboxylic acids is 1. The third-order valence-corrected chi connectivity index (χ3v) is 3.17. The van der Waals surface area contributed by atoms with E-state index < -0.39 is 0 Å². The number of phenolic OH excluding ortho intramolecular Hbond substituents is 1. The van der Waals surface area contributed by atoms with Crippen molar-refractivity contribution in [3.63, 3.8) is 0 Å². The molecule has 1 amide bonds. The molecule has 3 N–H and O–H groups in total. The fourth-order valence-corrected chi connectivity index (χ4v) is 2.18. The molecule has 0 saturated carbocycles. The summed E-state index contributed by atoms with van der Waals surface area (Å²) in [5.74, 6) is 0.477. The Morgan fingerprint density at radius 2 is 1.95 bits per heavy atom. The molecule has 0 unspecified atom stereocenters. The first-order valence-corrected chi connectivity index (χ1v) is 6.20. The number of nitrogens with zero attached hydrogens (tertiary/aromatic N) is 1. The Bertz CT molecular complexity index is 493. The van der Waals surface area contributed by atoms with Gasteiger partial charge in [0.25, 0.3) is 0 Å². The zero-order chi connectivity index (χ0) is 14.0. The molecule has 0 aliphatic carbocycles. The van der Waals surface area contributed by atoms with E-state index in [9.17, 15) is 9.90 Å². The maximum atomic E-state index is 11.8. The molecule has 1 aromatic rings. The van der Waals surface area contributed by atoms with Crippen molar-refractivity contribution in [2.45, 2.75) is 19.8 Å². The maximum Gasteiger partial charge on any atom is 0.414 e. The number of amides is 1. The largest absolute Gasteiger partial charge is 0.506 e. The van der Waals surface area contributed by atoms with Crippen LogP contribution >= 0.6 is 0 Å². The molecule has 5 nitrogen and oxygen atoms in total. The van der Waals surface area contributed by atoms with Crippen LogP contribution in [0.1, 0.15) is 18.1 Å². The average molecular weight is 262 g/mol. The third-order valence-electron chi connectivity index (χ3n) is 3.17. The van der Waals surface area contributed by atoms with Crippen molar-refractivity contribution in [1.82, 2.24) is 4.90 Å². The van der Waals surface area contributed by atoms with E-state index in [0.717, 1.165) is 11.1 Å². The average Bonchev–Trinajstić information content (AvgIpc) is 2.52. The van der Waals surface area contributed by atoms with Crippen molar-refractivity contribution in [1.29, 1.82) is 0 Å². The smallest absolute Gasteiger partial charge is 0.414 e. The van der Waals surface area contributed by atoms with Crippen LogP contribution < -0.4 is 5.73 Å². The van der Waals surface area contributed by atoms with Crippen LogP contribution in [0, 0.1) is 0 Å². The number of aromatic hydroxyl groups is 1. The quantitative estimate of drug-likeness (QED) is 0.461. The van der Waals surface area contributed by atoms with E-state index in [0.29, 0.717) is 37.4 Å². The fraction of sp³-hybridized carbons (Fsp3) is 0.357. The Kier molecular flexibility index (Phi) is 3.64. The van der Waals surface area contributed by atoms with Gasteiger partial charge in [-0.05, 0) is 43.0 Å². The minimum atomic E-state index is -0.377. The first kappa shape index (κ1) is 13.3. The van der Waals surface area contributed by atoms with Crippen LogP contribution in [0.25, 0.3) is 0 Å². The zero-order valence-corrected chi connectivity index (χ0v) is 11.0. The molecule has 0 atom stereocenters. The summed E-state index contributed by atoms with van der Waals surface area (Å²) in [4.78, 5) is 13.5. The van der Waals surface area contributed by atoms with Gasteiger partial charge in [-0.3, -0.25) is 0 Å². The lowest BCUT2D eigenvalue weighted by molar-refractivity contribution is 0.131. The van der Waals surface area contributed by atoms with Gasteiger partial charge in [-0.2, -0.15) is 0 Å². The van der Waals surface area contributed by atoms with Crippen LogP contribution in [0.4, 0.5) is 10.5 Å². The number of hydrogen-bond acceptors (Lipinski definition) is 4. The van der Waals surface area contributed by atoms with Crippen LogP contribution in [-0.2, 0) is 17.6 Å². The monoisotopic (exact) mass is 262 g/mol. The molecule has 0 bridgehead atoms. The maximum absolute atomic E-state index is 11.8. The summed E-state index contributed by atoms with van der Waals surface area (Å²) in [7, 11) is 0. The van der Waals surface area contributed by atoms with Crippen molar-refractivity contribution in [3.05, 3.63) is 35.6 Å². The number of phenols is 1. The van der Waals surface area contributed by atoms with E-state index >= 15 is 0 Å². The number of benzene rings is 1. The second-order valence-corrected chi connectivity index (χ2v) is 4.74. The summed E-state index contributed by atoms with van der Waals surface area (Å²) in [5, 5.41) is 9.62. The molecule has 0 spiro atoms. The van der Waals surface area contributed by atoms with E-state index in [1.807, 2.05) is 0 Å². The van der Waals surface area contributed by atoms with Gasteiger partial charge in [-0.1, -0.05) is 6.58 Å². The van der Waals surface area contributed by atoms with Crippen molar-refractivity contribution >= 4 is 11.8 Å². The van der Waals surface area contributed by atoms with E-state index in [1.54, 1.807) is 24.0 Å². The number of allylic oxidation sites excluding steroid dienone is 1. The first-order chi connectivity index (χ1) is 8.97. The minimum absolute atomic E-state index is 0.0942. The fourth-order valence-electron chi connectivity index (χ4n) is 2.18. The Hall–Kier alpha value is -2.17. The number of anilines is 1. The molecule has 0 aromatic heterocycles. The van der Waals surface area contributed by atoms with Crippen LogP contribution in [-0.4, -0.2) is 29.2 Å². The molecule has 1 aliphatic rings. The molecule has 102 valence electrons. The van der Waals surface area contributed by atoms with Gasteiger partial charge in [-0.25, -0.2) is 4.79 Å². The lowest BCUT2D eigenvalue weighted by Crippen LogP contribution is -2.33. The van der Waals surface area contributed by atoms with Crippen LogP contribution in [0.3, 0.4) is 0 Å². The van der Waals surface area contributed by atoms with E-state index in [1.165, 1.54) is 0 Å². The van der Waals surface area contributed by atoms with Crippen molar-refractivity contribution < 1.29 is 14.6 Å². The summed E-state index contributed by atoms with van der Waals surface area (Å²) in [6, 6.07) is 3.45. The molecule has 0 radical (unpaired) electrons. The van der Waals surface area contributed by atoms with Crippen molar-refractivity contribution in [2.24, 2.45) is 0 Å². The van der Waals surface area contributed by atoms with Gasteiger partial charge in [0.1, 0.15) is 5.75 Å². The van der Waals surface area contributed by atoms with E-state index in [2.05, 4.69) is 6.58 Å². The molecule has 2 rings (SSSR count). The van der Waals surface area contributed by atoms with Gasteiger partial charge in [0.05, 0.1) is 11.4 Å². The molecular weight excluding hydrogens is 244 g/mol. The summed E-state index contributed by atoms with van der Waals surface area (Å²) in [6.45, 7) is 6.33. The Balaban J connectivity index is 2.12. The van der Waals surface area contributed by atoms with E-state index in [-0.39, 0.29) is 11.8 Å². The van der Waals surface area contributed by atoms with Gasteiger partial charge in [0, 0.05) is 13.1 Å². The second kappa shape index (κ2) is 5.22. The number of rotatable bonds is 1. The number of nitrogen functional groups attached to an aromatic ring is 1. The Morgan fingerprint density at radius 1 is 1.37 bits per heavy atom. The normalized spacial score (nSPS) is 14.5. The highest BCUT2D eigenvalue weighted by atomic mass is 16.6. The van der Waals surface area contributed by atoms with E-state index in [4.69, 9.17) is 10.5 Å². The van der Waals surface area contributed by atoms with Gasteiger partial charge in [0.15, 0.2) is 0 Å². The molecule has 1 aromatic carbocycles. The number of nitrogens with two attached hydrogens (primary N) is 1. The summed E-state index contributed by atoms with van der Waals surface area (Å²) < 4.78 is 5.01.